The van der Waals surface area contributed by atoms with Crippen LogP contribution in [0.15, 0.2) is 42.5 Å². The van der Waals surface area contributed by atoms with Gasteiger partial charge in [0.1, 0.15) is 0 Å². The summed E-state index contributed by atoms with van der Waals surface area (Å²) in [5.74, 6) is -0.584. The summed E-state index contributed by atoms with van der Waals surface area (Å²) in [6.45, 7) is 4.07. The minimum Gasteiger partial charge on any atom is -0.326 e. The van der Waals surface area contributed by atoms with Crippen molar-refractivity contribution in [1.82, 2.24) is 4.90 Å². The Bertz CT molecular complexity index is 947. The van der Waals surface area contributed by atoms with E-state index in [1.165, 1.54) is 4.90 Å². The van der Waals surface area contributed by atoms with Crippen LogP contribution in [0.25, 0.3) is 0 Å². The number of imide groups is 1. The molecule has 1 heterocycles. The van der Waals surface area contributed by atoms with Gasteiger partial charge in [0, 0.05) is 36.9 Å². The van der Waals surface area contributed by atoms with Gasteiger partial charge >= 0.3 is 0 Å². The van der Waals surface area contributed by atoms with Gasteiger partial charge in [0.2, 0.25) is 17.7 Å². The Balaban J connectivity index is 1.51. The second-order valence-corrected chi connectivity index (χ2v) is 7.36. The number of nitrogens with zero attached hydrogens (tertiary/aromatic N) is 1. The van der Waals surface area contributed by atoms with Crippen LogP contribution >= 0.6 is 0 Å². The average Bonchev–Trinajstić information content (AvgIpc) is 3.01. The summed E-state index contributed by atoms with van der Waals surface area (Å²) in [5.41, 5.74) is 4.01. The van der Waals surface area contributed by atoms with Crippen molar-refractivity contribution in [3.63, 3.8) is 0 Å². The van der Waals surface area contributed by atoms with Crippen LogP contribution in [0.3, 0.4) is 0 Å². The molecule has 2 aromatic rings. The summed E-state index contributed by atoms with van der Waals surface area (Å²) in [6, 6.07) is 12.7. The van der Waals surface area contributed by atoms with Gasteiger partial charge in [0.15, 0.2) is 5.78 Å². The number of anilines is 1. The van der Waals surface area contributed by atoms with Gasteiger partial charge in [-0.2, -0.15) is 0 Å². The van der Waals surface area contributed by atoms with E-state index in [9.17, 15) is 19.2 Å². The Labute approximate surface area is 169 Å². The predicted molar refractivity (Wildman–Crippen MR) is 109 cm³/mol. The van der Waals surface area contributed by atoms with Crippen LogP contribution in [0, 0.1) is 13.8 Å². The Morgan fingerprint density at radius 2 is 1.59 bits per heavy atom. The van der Waals surface area contributed by atoms with Crippen LogP contribution < -0.4 is 5.32 Å². The van der Waals surface area contributed by atoms with E-state index in [0.717, 1.165) is 16.7 Å². The fourth-order valence-corrected chi connectivity index (χ4v) is 3.30. The molecule has 2 aromatic carbocycles. The fraction of sp³-hybridized carbons (Fsp3) is 0.304. The molecule has 150 valence electrons. The first-order valence-corrected chi connectivity index (χ1v) is 9.66. The second-order valence-electron chi connectivity index (χ2n) is 7.36. The molecule has 0 saturated carbocycles. The summed E-state index contributed by atoms with van der Waals surface area (Å²) in [4.78, 5) is 49.2. The monoisotopic (exact) mass is 392 g/mol. The van der Waals surface area contributed by atoms with Gasteiger partial charge in [-0.25, -0.2) is 0 Å². The highest BCUT2D eigenvalue weighted by atomic mass is 16.2. The number of hydrogen-bond acceptors (Lipinski definition) is 4. The molecule has 1 saturated heterocycles. The molecule has 0 spiro atoms. The van der Waals surface area contributed by atoms with E-state index in [0.29, 0.717) is 11.3 Å². The van der Waals surface area contributed by atoms with Crippen molar-refractivity contribution in [2.75, 3.05) is 5.32 Å². The van der Waals surface area contributed by atoms with E-state index in [-0.39, 0.29) is 55.7 Å². The largest absolute Gasteiger partial charge is 0.326 e. The van der Waals surface area contributed by atoms with Crippen LogP contribution in [-0.2, 0) is 20.9 Å². The molecule has 1 aliphatic rings. The van der Waals surface area contributed by atoms with E-state index in [4.69, 9.17) is 0 Å². The lowest BCUT2D eigenvalue weighted by Gasteiger charge is -2.14. The maximum Gasteiger partial charge on any atom is 0.229 e. The SMILES string of the molecule is Cc1ccc(C)c(C(=O)CCC(=O)Nc2ccc(CN3C(=O)CCC3=O)cc2)c1. The number of aryl methyl sites for hydroxylation is 2. The van der Waals surface area contributed by atoms with Gasteiger partial charge in [-0.3, -0.25) is 24.1 Å². The Morgan fingerprint density at radius 3 is 2.24 bits per heavy atom. The highest BCUT2D eigenvalue weighted by Gasteiger charge is 2.28. The molecule has 3 rings (SSSR count). The third-order valence-corrected chi connectivity index (χ3v) is 5.01. The number of amides is 3. The summed E-state index contributed by atoms with van der Waals surface area (Å²) in [6.07, 6.45) is 0.791. The molecule has 6 nitrogen and oxygen atoms in total. The number of Topliss-reactive ketones (excluding diaryl/α,β-unsaturated/α-hetero) is 1. The van der Waals surface area contributed by atoms with Gasteiger partial charge in [0.05, 0.1) is 6.54 Å². The first-order chi connectivity index (χ1) is 13.8. The zero-order chi connectivity index (χ0) is 21.0. The molecule has 0 radical (unpaired) electrons. The number of nitrogens with one attached hydrogen (secondary N) is 1. The number of hydrogen-bond donors (Lipinski definition) is 1. The maximum absolute atomic E-state index is 12.4. The van der Waals surface area contributed by atoms with Crippen molar-refractivity contribution >= 4 is 29.2 Å². The minimum absolute atomic E-state index is 0.0448. The number of carbonyl (C=O) groups excluding carboxylic acids is 4. The number of ketones is 1. The number of rotatable bonds is 7. The van der Waals surface area contributed by atoms with Gasteiger partial charge in [-0.15, -0.1) is 0 Å². The van der Waals surface area contributed by atoms with Crippen LogP contribution in [0.2, 0.25) is 0 Å². The van der Waals surface area contributed by atoms with E-state index >= 15 is 0 Å². The van der Waals surface area contributed by atoms with E-state index in [1.54, 1.807) is 24.3 Å². The lowest BCUT2D eigenvalue weighted by molar-refractivity contribution is -0.139. The molecule has 1 N–H and O–H groups in total. The number of carbonyl (C=O) groups is 4. The Hall–Kier alpha value is -3.28. The van der Waals surface area contributed by atoms with Crippen molar-refractivity contribution in [2.24, 2.45) is 0 Å². The summed E-state index contributed by atoms with van der Waals surface area (Å²) in [7, 11) is 0. The normalized spacial score (nSPS) is 13.7. The highest BCUT2D eigenvalue weighted by Crippen LogP contribution is 2.18. The molecule has 0 aromatic heterocycles. The second kappa shape index (κ2) is 8.82. The van der Waals surface area contributed by atoms with Crippen molar-refractivity contribution in [1.29, 1.82) is 0 Å². The van der Waals surface area contributed by atoms with E-state index in [1.807, 2.05) is 32.0 Å². The third-order valence-electron chi connectivity index (χ3n) is 5.01. The van der Waals surface area contributed by atoms with Gasteiger partial charge in [-0.05, 0) is 43.2 Å². The molecular formula is C23H24N2O4. The van der Waals surface area contributed by atoms with E-state index < -0.39 is 0 Å². The molecule has 0 bridgehead atoms. The molecule has 1 aliphatic heterocycles. The Morgan fingerprint density at radius 1 is 0.931 bits per heavy atom. The van der Waals surface area contributed by atoms with Crippen LogP contribution in [-0.4, -0.2) is 28.4 Å². The predicted octanol–water partition coefficient (Wildman–Crippen LogP) is 3.55. The standard InChI is InChI=1S/C23H24N2O4/c1-15-3-4-16(2)19(13-15)20(26)9-10-21(27)24-18-7-5-17(6-8-18)14-25-22(28)11-12-23(25)29/h3-8,13H,9-12,14H2,1-2H3,(H,24,27). The topological polar surface area (TPSA) is 83.6 Å². The van der Waals surface area contributed by atoms with Crippen LogP contribution in [0.4, 0.5) is 5.69 Å². The average molecular weight is 392 g/mol. The molecule has 6 heteroatoms. The van der Waals surface area contributed by atoms with Crippen molar-refractivity contribution in [3.8, 4) is 0 Å². The lowest BCUT2D eigenvalue weighted by Crippen LogP contribution is -2.28. The van der Waals surface area contributed by atoms with Crippen molar-refractivity contribution in [3.05, 3.63) is 64.7 Å². The summed E-state index contributed by atoms with van der Waals surface area (Å²) >= 11 is 0. The molecule has 0 unspecified atom stereocenters. The quantitative estimate of drug-likeness (QED) is 0.577. The Kier molecular flexibility index (Phi) is 6.22. The zero-order valence-corrected chi connectivity index (χ0v) is 16.7. The van der Waals surface area contributed by atoms with Gasteiger partial charge in [0.25, 0.3) is 0 Å². The molecule has 0 atom stereocenters. The third kappa shape index (κ3) is 5.16. The number of likely N-dealkylation sites (tertiary alicyclic amines) is 1. The van der Waals surface area contributed by atoms with Gasteiger partial charge in [-0.1, -0.05) is 29.8 Å². The van der Waals surface area contributed by atoms with Crippen molar-refractivity contribution in [2.45, 2.75) is 46.1 Å². The molecule has 0 aliphatic carbocycles. The van der Waals surface area contributed by atoms with Crippen LogP contribution in [0.1, 0.15) is 52.7 Å². The fourth-order valence-electron chi connectivity index (χ4n) is 3.30. The minimum atomic E-state index is -0.235. The summed E-state index contributed by atoms with van der Waals surface area (Å²) in [5, 5.41) is 2.77. The smallest absolute Gasteiger partial charge is 0.229 e. The first kappa shape index (κ1) is 20.5. The highest BCUT2D eigenvalue weighted by molar-refractivity contribution is 6.02. The lowest BCUT2D eigenvalue weighted by atomic mass is 9.99. The molecule has 3 amide bonds. The van der Waals surface area contributed by atoms with Gasteiger partial charge < -0.3 is 5.32 Å². The first-order valence-electron chi connectivity index (χ1n) is 9.66. The number of benzene rings is 2. The molecule has 29 heavy (non-hydrogen) atoms. The maximum atomic E-state index is 12.4. The summed E-state index contributed by atoms with van der Waals surface area (Å²) < 4.78 is 0. The molecular weight excluding hydrogens is 368 g/mol. The van der Waals surface area contributed by atoms with Crippen LogP contribution in [0.5, 0.6) is 0 Å². The van der Waals surface area contributed by atoms with E-state index in [2.05, 4.69) is 5.32 Å². The zero-order valence-electron chi connectivity index (χ0n) is 16.7. The molecule has 1 fully saturated rings. The van der Waals surface area contributed by atoms with Crippen molar-refractivity contribution < 1.29 is 19.2 Å².